The lowest BCUT2D eigenvalue weighted by molar-refractivity contribution is -0.131. The summed E-state index contributed by atoms with van der Waals surface area (Å²) in [6.45, 7) is 8.52. The number of aromatic nitrogens is 1. The summed E-state index contributed by atoms with van der Waals surface area (Å²) < 4.78 is 5.38. The Morgan fingerprint density at radius 1 is 1.50 bits per heavy atom. The van der Waals surface area contributed by atoms with Gasteiger partial charge in [0.2, 0.25) is 0 Å². The fourth-order valence-electron chi connectivity index (χ4n) is 1.11. The molecule has 0 saturated heterocycles. The molecule has 1 aromatic heterocycles. The number of carbonyl (C=O) groups is 1. The molecule has 1 heterocycles. The van der Waals surface area contributed by atoms with Gasteiger partial charge in [0, 0.05) is 16.7 Å². The molecule has 3 nitrogen and oxygen atoms in total. The van der Waals surface area contributed by atoms with E-state index in [0.717, 1.165) is 12.1 Å². The number of ether oxygens (including phenoxy) is 1. The summed E-state index contributed by atoms with van der Waals surface area (Å²) in [5, 5.41) is 0. The molecule has 0 radical (unpaired) electrons. The summed E-state index contributed by atoms with van der Waals surface area (Å²) in [6.07, 6.45) is 0.841. The van der Waals surface area contributed by atoms with E-state index >= 15 is 0 Å². The van der Waals surface area contributed by atoms with E-state index in [0.29, 0.717) is 6.61 Å². The second kappa shape index (κ2) is 5.55. The average molecular weight is 241 g/mol. The number of Topliss-reactive ketones (excluding diaryl/α,β-unsaturated/α-hetero) is 1. The first kappa shape index (κ1) is 13.3. The van der Waals surface area contributed by atoms with Crippen LogP contribution in [-0.2, 0) is 16.0 Å². The molecule has 1 aromatic rings. The Morgan fingerprint density at radius 3 is 2.69 bits per heavy atom. The topological polar surface area (TPSA) is 39.2 Å². The second-order valence-corrected chi connectivity index (χ2v) is 5.78. The van der Waals surface area contributed by atoms with Gasteiger partial charge < -0.3 is 4.74 Å². The van der Waals surface area contributed by atoms with Crippen molar-refractivity contribution in [3.63, 3.8) is 0 Å². The molecule has 0 atom stereocenters. The zero-order chi connectivity index (χ0) is 12.2. The zero-order valence-corrected chi connectivity index (χ0v) is 11.2. The van der Waals surface area contributed by atoms with Crippen molar-refractivity contribution in [2.75, 3.05) is 13.2 Å². The van der Waals surface area contributed by atoms with Crippen LogP contribution in [0, 0.1) is 12.3 Å². The van der Waals surface area contributed by atoms with E-state index in [9.17, 15) is 4.79 Å². The molecule has 0 spiro atoms. The first-order chi connectivity index (χ1) is 7.41. The van der Waals surface area contributed by atoms with E-state index in [-0.39, 0.29) is 17.8 Å². The van der Waals surface area contributed by atoms with Crippen molar-refractivity contribution in [3.8, 4) is 0 Å². The molecule has 4 heteroatoms. The minimum atomic E-state index is -0.305. The zero-order valence-electron chi connectivity index (χ0n) is 10.4. The molecule has 0 fully saturated rings. The maximum Gasteiger partial charge on any atom is 0.163 e. The van der Waals surface area contributed by atoms with Gasteiger partial charge in [0.05, 0.1) is 17.8 Å². The fourth-order valence-corrected chi connectivity index (χ4v) is 1.87. The first-order valence-electron chi connectivity index (χ1n) is 5.41. The Balaban J connectivity index is 2.23. The normalized spacial score (nSPS) is 11.8. The number of hydrogen-bond donors (Lipinski definition) is 0. The lowest BCUT2D eigenvalue weighted by Crippen LogP contribution is -2.25. The second-order valence-electron chi connectivity index (χ2n) is 4.84. The van der Waals surface area contributed by atoms with Gasteiger partial charge in [-0.05, 0) is 6.92 Å². The molecule has 0 N–H and O–H groups in total. The van der Waals surface area contributed by atoms with E-state index in [1.54, 1.807) is 11.3 Å². The number of thiazole rings is 1. The number of hydrogen-bond acceptors (Lipinski definition) is 4. The number of nitrogens with zero attached hydrogens (tertiary/aromatic N) is 1. The quantitative estimate of drug-likeness (QED) is 0.744. The van der Waals surface area contributed by atoms with Gasteiger partial charge in [-0.1, -0.05) is 20.8 Å². The summed E-state index contributed by atoms with van der Waals surface area (Å²) in [7, 11) is 0. The third-order valence-electron chi connectivity index (χ3n) is 2.39. The van der Waals surface area contributed by atoms with Crippen molar-refractivity contribution >= 4 is 17.1 Å². The highest BCUT2D eigenvalue weighted by atomic mass is 32.1. The van der Waals surface area contributed by atoms with Crippen LogP contribution in [0.25, 0.3) is 0 Å². The molecule has 0 aliphatic heterocycles. The van der Waals surface area contributed by atoms with Crippen LogP contribution in [0.3, 0.4) is 0 Å². The smallest absolute Gasteiger partial charge is 0.163 e. The Hall–Kier alpha value is -0.740. The molecule has 0 aromatic carbocycles. The third kappa shape index (κ3) is 4.02. The van der Waals surface area contributed by atoms with Crippen molar-refractivity contribution in [3.05, 3.63) is 16.1 Å². The van der Waals surface area contributed by atoms with E-state index < -0.39 is 0 Å². The molecule has 0 bridgehead atoms. The summed E-state index contributed by atoms with van der Waals surface area (Å²) in [5.74, 6) is 0.147. The van der Waals surface area contributed by atoms with Gasteiger partial charge in [0.1, 0.15) is 6.61 Å². The molecule has 0 unspecified atom stereocenters. The predicted molar refractivity (Wildman–Crippen MR) is 65.8 cm³/mol. The third-order valence-corrected chi connectivity index (χ3v) is 3.38. The Labute approximate surface area is 101 Å². The largest absolute Gasteiger partial charge is 0.373 e. The molecule has 1 rings (SSSR count). The number of ketones is 1. The minimum Gasteiger partial charge on any atom is -0.373 e. The molecule has 0 aliphatic carbocycles. The minimum absolute atomic E-state index is 0.147. The SMILES string of the molecule is Cc1ncsc1CCOCC(=O)C(C)(C)C. The van der Waals surface area contributed by atoms with Crippen LogP contribution in [0.15, 0.2) is 5.51 Å². The maximum atomic E-state index is 11.6. The van der Waals surface area contributed by atoms with Crippen molar-refractivity contribution in [1.29, 1.82) is 0 Å². The van der Waals surface area contributed by atoms with Gasteiger partial charge >= 0.3 is 0 Å². The highest BCUT2D eigenvalue weighted by molar-refractivity contribution is 7.09. The Bertz CT molecular complexity index is 352. The van der Waals surface area contributed by atoms with Gasteiger partial charge in [0.15, 0.2) is 5.78 Å². The Kier molecular flexibility index (Phi) is 4.62. The lowest BCUT2D eigenvalue weighted by Gasteiger charge is -2.16. The van der Waals surface area contributed by atoms with Crippen LogP contribution < -0.4 is 0 Å². The van der Waals surface area contributed by atoms with Crippen LogP contribution in [0.1, 0.15) is 31.3 Å². The van der Waals surface area contributed by atoms with E-state index in [4.69, 9.17) is 4.74 Å². The van der Waals surface area contributed by atoms with Crippen LogP contribution >= 0.6 is 11.3 Å². The van der Waals surface area contributed by atoms with Gasteiger partial charge in [-0.15, -0.1) is 11.3 Å². The van der Waals surface area contributed by atoms with Crippen molar-refractivity contribution in [2.24, 2.45) is 5.41 Å². The molecule has 0 saturated carbocycles. The first-order valence-corrected chi connectivity index (χ1v) is 6.29. The standard InChI is InChI=1S/C12H19NO2S/c1-9-10(16-8-13-9)5-6-15-7-11(14)12(2,3)4/h8H,5-7H2,1-4H3. The van der Waals surface area contributed by atoms with Crippen LogP contribution in [-0.4, -0.2) is 24.0 Å². The van der Waals surface area contributed by atoms with Crippen molar-refractivity contribution in [1.82, 2.24) is 4.98 Å². The van der Waals surface area contributed by atoms with E-state index in [1.807, 2.05) is 33.2 Å². The van der Waals surface area contributed by atoms with Crippen LogP contribution in [0.2, 0.25) is 0 Å². The van der Waals surface area contributed by atoms with Gasteiger partial charge in [-0.25, -0.2) is 4.98 Å². The monoisotopic (exact) mass is 241 g/mol. The molecule has 90 valence electrons. The average Bonchev–Trinajstić information content (AvgIpc) is 2.57. The van der Waals surface area contributed by atoms with Gasteiger partial charge in [0.25, 0.3) is 0 Å². The summed E-state index contributed by atoms with van der Waals surface area (Å²) in [4.78, 5) is 17.0. The van der Waals surface area contributed by atoms with Crippen molar-refractivity contribution in [2.45, 2.75) is 34.1 Å². The molecule has 0 aliphatic rings. The van der Waals surface area contributed by atoms with Crippen LogP contribution in [0.5, 0.6) is 0 Å². The summed E-state index contributed by atoms with van der Waals surface area (Å²) >= 11 is 1.64. The van der Waals surface area contributed by atoms with E-state index in [1.165, 1.54) is 4.88 Å². The lowest BCUT2D eigenvalue weighted by atomic mass is 9.91. The van der Waals surface area contributed by atoms with Crippen molar-refractivity contribution < 1.29 is 9.53 Å². The van der Waals surface area contributed by atoms with Crippen LogP contribution in [0.4, 0.5) is 0 Å². The molecule has 16 heavy (non-hydrogen) atoms. The molecular formula is C12H19NO2S. The summed E-state index contributed by atoms with van der Waals surface area (Å²) in [5.41, 5.74) is 2.60. The van der Waals surface area contributed by atoms with Gasteiger partial charge in [-0.2, -0.15) is 0 Å². The molecular weight excluding hydrogens is 222 g/mol. The fraction of sp³-hybridized carbons (Fsp3) is 0.667. The van der Waals surface area contributed by atoms with Gasteiger partial charge in [-0.3, -0.25) is 4.79 Å². The number of rotatable bonds is 5. The summed E-state index contributed by atoms with van der Waals surface area (Å²) in [6, 6.07) is 0. The number of aryl methyl sites for hydroxylation is 1. The maximum absolute atomic E-state index is 11.6. The highest BCUT2D eigenvalue weighted by Gasteiger charge is 2.20. The molecule has 0 amide bonds. The highest BCUT2D eigenvalue weighted by Crippen LogP contribution is 2.15. The Morgan fingerprint density at radius 2 is 2.19 bits per heavy atom. The predicted octanol–water partition coefficient (Wildman–Crippen LogP) is 2.63. The van der Waals surface area contributed by atoms with E-state index in [2.05, 4.69) is 4.98 Å². The number of carbonyl (C=O) groups excluding carboxylic acids is 1.